The Morgan fingerprint density at radius 3 is 2.42 bits per heavy atom. The van der Waals surface area contributed by atoms with Gasteiger partial charge in [-0.2, -0.15) is 4.36 Å². The fourth-order valence-corrected chi connectivity index (χ4v) is 3.15. The second-order valence-electron chi connectivity index (χ2n) is 6.84. The van der Waals surface area contributed by atoms with Gasteiger partial charge in [0.2, 0.25) is 0 Å². The standard InChI is InChI=1S/C20H22N2O3S/c1-20(2,3)11-10-15-12-16(14-21-13-15)19(23)22-26(5,24)18-8-6-17(25-4)7-9-18/h6-9,12-14H,1-5H3. The van der Waals surface area contributed by atoms with Gasteiger partial charge < -0.3 is 4.74 Å². The number of hydrogen-bond acceptors (Lipinski definition) is 4. The Morgan fingerprint density at radius 1 is 1.19 bits per heavy atom. The Labute approximate surface area is 155 Å². The van der Waals surface area contributed by atoms with E-state index in [1.165, 1.54) is 12.5 Å². The lowest BCUT2D eigenvalue weighted by atomic mass is 9.97. The van der Waals surface area contributed by atoms with E-state index in [2.05, 4.69) is 21.2 Å². The molecular weight excluding hydrogens is 348 g/mol. The van der Waals surface area contributed by atoms with Gasteiger partial charge in [-0.1, -0.05) is 11.8 Å². The SMILES string of the molecule is COc1ccc(S(C)(=O)=NC(=O)c2cncc(C#CC(C)(C)C)c2)cc1. The number of aromatic nitrogens is 1. The van der Waals surface area contributed by atoms with Crippen LogP contribution in [0.15, 0.2) is 52.0 Å². The molecular formula is C20H22N2O3S. The first kappa shape index (κ1) is 19.7. The highest BCUT2D eigenvalue weighted by Gasteiger charge is 2.12. The number of methoxy groups -OCH3 is 1. The van der Waals surface area contributed by atoms with E-state index in [1.807, 2.05) is 20.8 Å². The van der Waals surface area contributed by atoms with Gasteiger partial charge in [-0.05, 0) is 51.1 Å². The van der Waals surface area contributed by atoms with Crippen molar-refractivity contribution in [2.75, 3.05) is 13.4 Å². The van der Waals surface area contributed by atoms with Gasteiger partial charge in [-0.3, -0.25) is 9.78 Å². The molecule has 0 bridgehead atoms. The van der Waals surface area contributed by atoms with Crippen molar-refractivity contribution in [3.05, 3.63) is 53.9 Å². The highest BCUT2D eigenvalue weighted by molar-refractivity contribution is 7.93. The summed E-state index contributed by atoms with van der Waals surface area (Å²) in [6, 6.07) is 8.26. The van der Waals surface area contributed by atoms with Gasteiger partial charge >= 0.3 is 0 Å². The van der Waals surface area contributed by atoms with Crippen molar-refractivity contribution in [2.45, 2.75) is 25.7 Å². The van der Waals surface area contributed by atoms with Crippen molar-refractivity contribution in [3.8, 4) is 17.6 Å². The quantitative estimate of drug-likeness (QED) is 0.771. The number of ether oxygens (including phenoxy) is 1. The average molecular weight is 370 g/mol. The molecule has 2 rings (SSSR count). The number of nitrogens with zero attached hydrogens (tertiary/aromatic N) is 2. The second kappa shape index (κ2) is 7.71. The zero-order chi connectivity index (χ0) is 19.4. The highest BCUT2D eigenvalue weighted by Crippen LogP contribution is 2.18. The van der Waals surface area contributed by atoms with Crippen LogP contribution in [0.4, 0.5) is 0 Å². The van der Waals surface area contributed by atoms with Crippen LogP contribution >= 0.6 is 0 Å². The third-order valence-corrected chi connectivity index (χ3v) is 4.98. The van der Waals surface area contributed by atoms with Crippen LogP contribution in [-0.4, -0.2) is 28.5 Å². The summed E-state index contributed by atoms with van der Waals surface area (Å²) in [6.07, 6.45) is 4.42. The molecule has 0 aliphatic rings. The summed E-state index contributed by atoms with van der Waals surface area (Å²) in [6.45, 7) is 6.00. The first-order valence-corrected chi connectivity index (χ1v) is 9.92. The number of carbonyl (C=O) groups is 1. The van der Waals surface area contributed by atoms with Gasteiger partial charge in [0, 0.05) is 34.5 Å². The lowest BCUT2D eigenvalue weighted by Gasteiger charge is -2.07. The fourth-order valence-electron chi connectivity index (χ4n) is 1.98. The number of amides is 1. The largest absolute Gasteiger partial charge is 0.497 e. The summed E-state index contributed by atoms with van der Waals surface area (Å²) < 4.78 is 21.8. The molecule has 0 aliphatic heterocycles. The normalized spacial score (nSPS) is 13.1. The minimum absolute atomic E-state index is 0.156. The molecule has 1 unspecified atom stereocenters. The monoisotopic (exact) mass is 370 g/mol. The van der Waals surface area contributed by atoms with Crippen molar-refractivity contribution in [1.82, 2.24) is 4.98 Å². The van der Waals surface area contributed by atoms with E-state index in [-0.39, 0.29) is 11.0 Å². The predicted octanol–water partition coefficient (Wildman–Crippen LogP) is 3.78. The molecule has 26 heavy (non-hydrogen) atoms. The van der Waals surface area contributed by atoms with Crippen LogP contribution in [0.25, 0.3) is 0 Å². The maximum absolute atomic E-state index is 12.8. The first-order valence-electron chi connectivity index (χ1n) is 7.99. The Kier molecular flexibility index (Phi) is 5.83. The van der Waals surface area contributed by atoms with E-state index in [0.29, 0.717) is 16.2 Å². The van der Waals surface area contributed by atoms with Gasteiger partial charge in [0.1, 0.15) is 5.75 Å². The molecule has 1 aromatic heterocycles. The Morgan fingerprint density at radius 2 is 1.85 bits per heavy atom. The molecule has 0 aliphatic carbocycles. The molecule has 1 atom stereocenters. The smallest absolute Gasteiger partial charge is 0.286 e. The summed E-state index contributed by atoms with van der Waals surface area (Å²) >= 11 is 0. The van der Waals surface area contributed by atoms with E-state index in [1.54, 1.807) is 43.6 Å². The first-order chi connectivity index (χ1) is 12.1. The molecule has 136 valence electrons. The molecule has 1 heterocycles. The average Bonchev–Trinajstić information content (AvgIpc) is 2.59. The number of hydrogen-bond donors (Lipinski definition) is 0. The van der Waals surface area contributed by atoms with E-state index < -0.39 is 15.6 Å². The van der Waals surface area contributed by atoms with Crippen LogP contribution < -0.4 is 4.74 Å². The summed E-state index contributed by atoms with van der Waals surface area (Å²) in [4.78, 5) is 17.0. The van der Waals surface area contributed by atoms with Crippen molar-refractivity contribution < 1.29 is 13.7 Å². The molecule has 0 spiro atoms. The van der Waals surface area contributed by atoms with Crippen LogP contribution in [0.2, 0.25) is 0 Å². The van der Waals surface area contributed by atoms with Crippen LogP contribution in [0.3, 0.4) is 0 Å². The molecule has 0 saturated heterocycles. The molecule has 0 N–H and O–H groups in total. The minimum Gasteiger partial charge on any atom is -0.497 e. The number of carbonyl (C=O) groups excluding carboxylic acids is 1. The van der Waals surface area contributed by atoms with E-state index in [9.17, 15) is 9.00 Å². The summed E-state index contributed by atoms with van der Waals surface area (Å²) in [5.74, 6) is 6.14. The molecule has 1 aromatic carbocycles. The van der Waals surface area contributed by atoms with Gasteiger partial charge in [0.05, 0.1) is 22.4 Å². The Balaban J connectivity index is 2.34. The van der Waals surface area contributed by atoms with Crippen LogP contribution in [0, 0.1) is 17.3 Å². The van der Waals surface area contributed by atoms with Crippen molar-refractivity contribution >= 4 is 15.6 Å². The predicted molar refractivity (Wildman–Crippen MR) is 103 cm³/mol. The lowest BCUT2D eigenvalue weighted by molar-refractivity contribution is 0.100. The maximum Gasteiger partial charge on any atom is 0.286 e. The number of pyridine rings is 1. The molecule has 0 radical (unpaired) electrons. The van der Waals surface area contributed by atoms with Crippen LogP contribution in [-0.2, 0) is 9.73 Å². The van der Waals surface area contributed by atoms with Gasteiger partial charge in [-0.25, -0.2) is 4.21 Å². The van der Waals surface area contributed by atoms with Crippen LogP contribution in [0.1, 0.15) is 36.7 Å². The van der Waals surface area contributed by atoms with Crippen molar-refractivity contribution in [3.63, 3.8) is 0 Å². The third-order valence-electron chi connectivity index (χ3n) is 3.32. The maximum atomic E-state index is 12.8. The van der Waals surface area contributed by atoms with E-state index in [0.717, 1.165) is 0 Å². The number of benzene rings is 1. The third kappa shape index (κ3) is 5.43. The van der Waals surface area contributed by atoms with Gasteiger partial charge in [-0.15, -0.1) is 0 Å². The topological polar surface area (TPSA) is 68.6 Å². The Hall–Kier alpha value is -2.65. The van der Waals surface area contributed by atoms with Crippen molar-refractivity contribution in [1.29, 1.82) is 0 Å². The second-order valence-corrected chi connectivity index (χ2v) is 9.10. The van der Waals surface area contributed by atoms with Gasteiger partial charge in [0.15, 0.2) is 0 Å². The molecule has 0 saturated carbocycles. The summed E-state index contributed by atoms with van der Waals surface area (Å²) in [7, 11) is -1.32. The molecule has 0 fully saturated rings. The minimum atomic E-state index is -2.87. The molecule has 6 heteroatoms. The Bertz CT molecular complexity index is 984. The van der Waals surface area contributed by atoms with Crippen LogP contribution in [0.5, 0.6) is 5.75 Å². The van der Waals surface area contributed by atoms with E-state index in [4.69, 9.17) is 4.74 Å². The highest BCUT2D eigenvalue weighted by atomic mass is 32.2. The zero-order valence-electron chi connectivity index (χ0n) is 15.6. The van der Waals surface area contributed by atoms with Crippen molar-refractivity contribution in [2.24, 2.45) is 9.78 Å². The number of rotatable bonds is 3. The zero-order valence-corrected chi connectivity index (χ0v) is 16.4. The lowest BCUT2D eigenvalue weighted by Crippen LogP contribution is -2.05. The molecule has 5 nitrogen and oxygen atoms in total. The van der Waals surface area contributed by atoms with Gasteiger partial charge in [0.25, 0.3) is 5.91 Å². The summed E-state index contributed by atoms with van der Waals surface area (Å²) in [5.41, 5.74) is 0.720. The molecule has 2 aromatic rings. The summed E-state index contributed by atoms with van der Waals surface area (Å²) in [5, 5.41) is 0. The molecule has 1 amide bonds. The van der Waals surface area contributed by atoms with E-state index >= 15 is 0 Å². The fraction of sp³-hybridized carbons (Fsp3) is 0.300.